The van der Waals surface area contributed by atoms with Crippen LogP contribution in [-0.4, -0.2) is 54.6 Å². The van der Waals surface area contributed by atoms with E-state index in [4.69, 9.17) is 0 Å². The molecule has 0 bridgehead atoms. The van der Waals surface area contributed by atoms with Crippen LogP contribution < -0.4 is 9.03 Å². The van der Waals surface area contributed by atoms with Crippen molar-refractivity contribution in [2.75, 3.05) is 37.7 Å². The molecule has 1 rings (SSSR count). The molecule has 0 radical (unpaired) electrons. The number of nitrogens with one attached hydrogen (secondary N) is 1. The minimum atomic E-state index is -3.59. The molecular formula is C14H25N3O4S2. The van der Waals surface area contributed by atoms with Crippen LogP contribution in [0.1, 0.15) is 18.1 Å². The SMILES string of the molecule is CCc1cccc(C)c1N(CCNS(=O)(=O)N(C)C)S(C)(=O)=O. The Kier molecular flexibility index (Phi) is 6.58. The van der Waals surface area contributed by atoms with Crippen molar-refractivity contribution in [3.63, 3.8) is 0 Å². The number of para-hydroxylation sites is 1. The van der Waals surface area contributed by atoms with Gasteiger partial charge in [-0.3, -0.25) is 4.31 Å². The Morgan fingerprint density at radius 3 is 2.22 bits per heavy atom. The molecule has 0 aliphatic rings. The third-order valence-corrected chi connectivity index (χ3v) is 6.13. The molecule has 0 aliphatic heterocycles. The van der Waals surface area contributed by atoms with Gasteiger partial charge in [-0.15, -0.1) is 0 Å². The summed E-state index contributed by atoms with van der Waals surface area (Å²) in [4.78, 5) is 0. The molecule has 0 aromatic heterocycles. The van der Waals surface area contributed by atoms with E-state index in [1.165, 1.54) is 18.4 Å². The second-order valence-electron chi connectivity index (χ2n) is 5.45. The van der Waals surface area contributed by atoms with Crippen LogP contribution in [0.3, 0.4) is 0 Å². The Bertz CT molecular complexity index is 743. The molecule has 0 unspecified atom stereocenters. The van der Waals surface area contributed by atoms with Crippen molar-refractivity contribution >= 4 is 25.9 Å². The number of nitrogens with zero attached hydrogens (tertiary/aromatic N) is 2. The van der Waals surface area contributed by atoms with Gasteiger partial charge in [0.2, 0.25) is 10.0 Å². The molecule has 0 saturated carbocycles. The van der Waals surface area contributed by atoms with Crippen LogP contribution in [0.25, 0.3) is 0 Å². The van der Waals surface area contributed by atoms with Gasteiger partial charge >= 0.3 is 0 Å². The summed E-state index contributed by atoms with van der Waals surface area (Å²) in [6.07, 6.45) is 1.81. The van der Waals surface area contributed by atoms with Crippen molar-refractivity contribution in [2.45, 2.75) is 20.3 Å². The largest absolute Gasteiger partial charge is 0.278 e. The summed E-state index contributed by atoms with van der Waals surface area (Å²) in [5, 5.41) is 0. The number of rotatable bonds is 8. The van der Waals surface area contributed by atoms with Gasteiger partial charge in [0.1, 0.15) is 0 Å². The summed E-state index contributed by atoms with van der Waals surface area (Å²) in [6, 6.07) is 5.61. The number of anilines is 1. The molecule has 0 atom stereocenters. The molecule has 1 aromatic carbocycles. The minimum Gasteiger partial charge on any atom is -0.269 e. The first kappa shape index (κ1) is 19.9. The molecule has 0 spiro atoms. The van der Waals surface area contributed by atoms with Crippen LogP contribution in [0.5, 0.6) is 0 Å². The highest BCUT2D eigenvalue weighted by Gasteiger charge is 2.22. The highest BCUT2D eigenvalue weighted by molar-refractivity contribution is 7.92. The van der Waals surface area contributed by atoms with Gasteiger partial charge in [-0.25, -0.2) is 13.1 Å². The summed E-state index contributed by atoms with van der Waals surface area (Å²) >= 11 is 0. The van der Waals surface area contributed by atoms with Crippen LogP contribution in [0, 0.1) is 6.92 Å². The first-order valence-corrected chi connectivity index (χ1v) is 10.5. The van der Waals surface area contributed by atoms with Crippen molar-refractivity contribution < 1.29 is 16.8 Å². The number of benzene rings is 1. The standard InChI is InChI=1S/C14H25N3O4S2/c1-6-13-9-7-8-12(2)14(13)17(22(5,18)19)11-10-15-23(20,21)16(3)4/h7-9,15H,6,10-11H2,1-5H3. The van der Waals surface area contributed by atoms with E-state index in [-0.39, 0.29) is 13.1 Å². The normalized spacial score (nSPS) is 12.6. The van der Waals surface area contributed by atoms with E-state index >= 15 is 0 Å². The van der Waals surface area contributed by atoms with Crippen molar-refractivity contribution in [3.8, 4) is 0 Å². The fourth-order valence-corrected chi connectivity index (χ4v) is 3.83. The zero-order valence-corrected chi connectivity index (χ0v) is 15.8. The van der Waals surface area contributed by atoms with Crippen LogP contribution >= 0.6 is 0 Å². The molecule has 7 nitrogen and oxygen atoms in total. The monoisotopic (exact) mass is 363 g/mol. The molecule has 132 valence electrons. The van der Waals surface area contributed by atoms with Gasteiger partial charge in [0.05, 0.1) is 11.9 Å². The summed E-state index contributed by atoms with van der Waals surface area (Å²) in [7, 11) is -4.29. The summed E-state index contributed by atoms with van der Waals surface area (Å²) in [5.74, 6) is 0. The van der Waals surface area contributed by atoms with Crippen molar-refractivity contribution in [1.82, 2.24) is 9.03 Å². The zero-order valence-electron chi connectivity index (χ0n) is 14.2. The van der Waals surface area contributed by atoms with E-state index in [2.05, 4.69) is 4.72 Å². The Morgan fingerprint density at radius 1 is 1.13 bits per heavy atom. The van der Waals surface area contributed by atoms with Crippen molar-refractivity contribution in [1.29, 1.82) is 0 Å². The Labute approximate surface area is 139 Å². The molecule has 9 heteroatoms. The van der Waals surface area contributed by atoms with Crippen molar-refractivity contribution in [3.05, 3.63) is 29.3 Å². The predicted molar refractivity (Wildman–Crippen MR) is 93.4 cm³/mol. The van der Waals surface area contributed by atoms with Crippen LogP contribution in [0.2, 0.25) is 0 Å². The van der Waals surface area contributed by atoms with Gasteiger partial charge in [-0.2, -0.15) is 12.7 Å². The van der Waals surface area contributed by atoms with Crippen molar-refractivity contribution in [2.24, 2.45) is 0 Å². The van der Waals surface area contributed by atoms with Gasteiger partial charge in [-0.05, 0) is 24.5 Å². The van der Waals surface area contributed by atoms with E-state index in [1.54, 1.807) is 0 Å². The topological polar surface area (TPSA) is 86.8 Å². The highest BCUT2D eigenvalue weighted by Crippen LogP contribution is 2.27. The lowest BCUT2D eigenvalue weighted by molar-refractivity contribution is 0.506. The van der Waals surface area contributed by atoms with Gasteiger partial charge in [0, 0.05) is 27.2 Å². The molecule has 0 heterocycles. The lowest BCUT2D eigenvalue weighted by Gasteiger charge is -2.27. The number of sulfonamides is 1. The summed E-state index contributed by atoms with van der Waals surface area (Å²) < 4.78 is 52.5. The molecule has 0 fully saturated rings. The first-order valence-electron chi connectivity index (χ1n) is 7.24. The maximum absolute atomic E-state index is 12.2. The van der Waals surface area contributed by atoms with Gasteiger partial charge in [-0.1, -0.05) is 25.1 Å². The molecule has 0 amide bonds. The Hall–Kier alpha value is -1.16. The molecule has 1 aromatic rings. The number of aryl methyl sites for hydroxylation is 2. The maximum atomic E-state index is 12.2. The predicted octanol–water partition coefficient (Wildman–Crippen LogP) is 0.719. The zero-order chi connectivity index (χ0) is 17.8. The second-order valence-corrected chi connectivity index (χ2v) is 9.33. The second kappa shape index (κ2) is 7.61. The molecular weight excluding hydrogens is 338 g/mol. The third kappa shape index (κ3) is 5.17. The third-order valence-electron chi connectivity index (χ3n) is 3.43. The maximum Gasteiger partial charge on any atom is 0.278 e. The smallest absolute Gasteiger partial charge is 0.269 e. The Morgan fingerprint density at radius 2 is 1.74 bits per heavy atom. The van der Waals surface area contributed by atoms with Crippen LogP contribution in [0.15, 0.2) is 18.2 Å². The average Bonchev–Trinajstić information content (AvgIpc) is 2.42. The molecule has 0 aliphatic carbocycles. The molecule has 0 saturated heterocycles. The fourth-order valence-electron chi connectivity index (χ4n) is 2.21. The number of hydrogen-bond acceptors (Lipinski definition) is 4. The fraction of sp³-hybridized carbons (Fsp3) is 0.571. The van der Waals surface area contributed by atoms with Crippen LogP contribution in [-0.2, 0) is 26.7 Å². The van der Waals surface area contributed by atoms with Crippen LogP contribution in [0.4, 0.5) is 5.69 Å². The van der Waals surface area contributed by atoms with Gasteiger partial charge in [0.15, 0.2) is 0 Å². The highest BCUT2D eigenvalue weighted by atomic mass is 32.2. The first-order chi connectivity index (χ1) is 10.5. The summed E-state index contributed by atoms with van der Waals surface area (Å²) in [6.45, 7) is 3.82. The van der Waals surface area contributed by atoms with E-state index in [0.717, 1.165) is 21.7 Å². The van der Waals surface area contributed by atoms with Gasteiger partial charge in [0.25, 0.3) is 10.2 Å². The average molecular weight is 364 g/mol. The van der Waals surface area contributed by atoms with Gasteiger partial charge < -0.3 is 0 Å². The quantitative estimate of drug-likeness (QED) is 0.737. The molecule has 1 N–H and O–H groups in total. The van der Waals surface area contributed by atoms with E-state index in [9.17, 15) is 16.8 Å². The van der Waals surface area contributed by atoms with E-state index in [0.29, 0.717) is 12.1 Å². The summed E-state index contributed by atoms with van der Waals surface area (Å²) in [5.41, 5.74) is 2.37. The Balaban J connectivity index is 3.10. The van der Waals surface area contributed by atoms with E-state index in [1.807, 2.05) is 32.0 Å². The van der Waals surface area contributed by atoms with E-state index < -0.39 is 20.2 Å². The molecule has 23 heavy (non-hydrogen) atoms. The lowest BCUT2D eigenvalue weighted by Crippen LogP contribution is -2.42. The number of hydrogen-bond donors (Lipinski definition) is 1. The lowest BCUT2D eigenvalue weighted by atomic mass is 10.1. The minimum absolute atomic E-state index is 0.00886.